The number of halogens is 1. The minimum atomic E-state index is -0.708. The van der Waals surface area contributed by atoms with Crippen LogP contribution in [0.2, 0.25) is 0 Å². The van der Waals surface area contributed by atoms with E-state index in [0.717, 1.165) is 41.4 Å². The SMILES string of the molecule is CCOC(=O)c1cc(F)cc2c1C(=O)[C@@H](c1ccc(CN(C)C)cc1)[C@H](c1ccc(CN(C)C)cc1)N2. The third-order valence-corrected chi connectivity index (χ3v) is 6.45. The number of rotatable bonds is 8. The molecule has 0 aromatic heterocycles. The highest BCUT2D eigenvalue weighted by molar-refractivity contribution is 6.14. The van der Waals surface area contributed by atoms with Gasteiger partial charge in [-0.2, -0.15) is 0 Å². The molecule has 0 saturated carbocycles. The van der Waals surface area contributed by atoms with Gasteiger partial charge in [0, 0.05) is 18.8 Å². The fraction of sp³-hybridized carbons (Fsp3) is 0.333. The van der Waals surface area contributed by atoms with Crippen LogP contribution >= 0.6 is 0 Å². The van der Waals surface area contributed by atoms with Crippen molar-refractivity contribution in [1.82, 2.24) is 9.80 Å². The Bertz CT molecular complexity index is 1270. The minimum Gasteiger partial charge on any atom is -0.462 e. The van der Waals surface area contributed by atoms with Crippen molar-refractivity contribution in [2.75, 3.05) is 40.1 Å². The van der Waals surface area contributed by atoms with E-state index >= 15 is 0 Å². The lowest BCUT2D eigenvalue weighted by Gasteiger charge is -2.35. The summed E-state index contributed by atoms with van der Waals surface area (Å²) in [5, 5.41) is 3.39. The highest BCUT2D eigenvalue weighted by Gasteiger charge is 2.40. The van der Waals surface area contributed by atoms with Crippen LogP contribution in [0.15, 0.2) is 60.7 Å². The number of carbonyl (C=O) groups excluding carboxylic acids is 2. The number of benzene rings is 3. The lowest BCUT2D eigenvalue weighted by Crippen LogP contribution is -2.33. The Morgan fingerprint density at radius 1 is 0.892 bits per heavy atom. The number of ether oxygens (including phenoxy) is 1. The van der Waals surface area contributed by atoms with Crippen molar-refractivity contribution < 1.29 is 18.7 Å². The summed E-state index contributed by atoms with van der Waals surface area (Å²) >= 11 is 0. The fourth-order valence-corrected chi connectivity index (χ4v) is 4.92. The second-order valence-electron chi connectivity index (χ2n) is 10.0. The van der Waals surface area contributed by atoms with Crippen molar-refractivity contribution in [3.63, 3.8) is 0 Å². The summed E-state index contributed by atoms with van der Waals surface area (Å²) in [5.41, 5.74) is 4.43. The molecule has 3 aromatic rings. The topological polar surface area (TPSA) is 61.9 Å². The minimum absolute atomic E-state index is 0.0524. The second-order valence-corrected chi connectivity index (χ2v) is 10.0. The summed E-state index contributed by atoms with van der Waals surface area (Å²) in [4.78, 5) is 31.0. The zero-order chi connectivity index (χ0) is 26.7. The Balaban J connectivity index is 1.82. The third kappa shape index (κ3) is 5.89. The number of fused-ring (bicyclic) bond motifs is 1. The van der Waals surface area contributed by atoms with Crippen molar-refractivity contribution >= 4 is 17.4 Å². The molecular formula is C30H34FN3O3. The van der Waals surface area contributed by atoms with Crippen LogP contribution in [0.4, 0.5) is 10.1 Å². The first-order valence-electron chi connectivity index (χ1n) is 12.5. The molecule has 0 bridgehead atoms. The maximum atomic E-state index is 14.6. The van der Waals surface area contributed by atoms with E-state index in [2.05, 4.69) is 15.1 Å². The second kappa shape index (κ2) is 11.2. The van der Waals surface area contributed by atoms with Crippen LogP contribution in [0.5, 0.6) is 0 Å². The molecule has 3 aromatic carbocycles. The Hall–Kier alpha value is -3.55. The van der Waals surface area contributed by atoms with Gasteiger partial charge in [-0.1, -0.05) is 48.5 Å². The first kappa shape index (κ1) is 26.5. The predicted molar refractivity (Wildman–Crippen MR) is 143 cm³/mol. The molecule has 4 rings (SSSR count). The Labute approximate surface area is 218 Å². The van der Waals surface area contributed by atoms with E-state index in [-0.39, 0.29) is 23.5 Å². The van der Waals surface area contributed by atoms with Crippen LogP contribution in [0, 0.1) is 5.82 Å². The molecule has 6 nitrogen and oxygen atoms in total. The van der Waals surface area contributed by atoms with Crippen molar-refractivity contribution in [2.45, 2.75) is 32.0 Å². The van der Waals surface area contributed by atoms with Crippen LogP contribution < -0.4 is 5.32 Å². The fourth-order valence-electron chi connectivity index (χ4n) is 4.92. The number of nitrogens with one attached hydrogen (secondary N) is 1. The van der Waals surface area contributed by atoms with Gasteiger partial charge in [0.05, 0.1) is 29.7 Å². The van der Waals surface area contributed by atoms with E-state index in [4.69, 9.17) is 4.74 Å². The number of hydrogen-bond donors (Lipinski definition) is 1. The number of anilines is 1. The molecule has 7 heteroatoms. The molecular weight excluding hydrogens is 469 g/mol. The summed E-state index contributed by atoms with van der Waals surface area (Å²) in [6.07, 6.45) is 0. The molecule has 1 aliphatic rings. The number of carbonyl (C=O) groups is 2. The third-order valence-electron chi connectivity index (χ3n) is 6.45. The molecule has 2 atom stereocenters. The standard InChI is InChI=1S/C30H34FN3O3/c1-6-37-30(36)24-15-23(31)16-25-27(24)29(35)26(21-11-7-19(8-12-21)17-33(2)3)28(32-25)22-13-9-20(10-14-22)18-34(4)5/h7-16,26,28,32H,6,17-18H2,1-5H3/t26-,28-/m0/s1. The highest BCUT2D eigenvalue weighted by atomic mass is 19.1. The molecule has 0 unspecified atom stereocenters. The van der Waals surface area contributed by atoms with E-state index in [1.54, 1.807) is 6.92 Å². The normalized spacial score (nSPS) is 17.0. The van der Waals surface area contributed by atoms with Gasteiger partial charge in [-0.25, -0.2) is 9.18 Å². The monoisotopic (exact) mass is 503 g/mol. The maximum Gasteiger partial charge on any atom is 0.339 e. The lowest BCUT2D eigenvalue weighted by atomic mass is 9.77. The summed E-state index contributed by atoms with van der Waals surface area (Å²) in [6, 6.07) is 18.0. The van der Waals surface area contributed by atoms with E-state index in [0.29, 0.717) is 5.69 Å². The molecule has 0 fully saturated rings. The Morgan fingerprint density at radius 3 is 1.95 bits per heavy atom. The van der Waals surface area contributed by atoms with Gasteiger partial charge < -0.3 is 19.9 Å². The summed E-state index contributed by atoms with van der Waals surface area (Å²) in [6.45, 7) is 3.39. The molecule has 0 radical (unpaired) electrons. The van der Waals surface area contributed by atoms with E-state index in [1.165, 1.54) is 6.07 Å². The highest BCUT2D eigenvalue weighted by Crippen LogP contribution is 2.44. The van der Waals surface area contributed by atoms with Crippen LogP contribution in [-0.4, -0.2) is 56.3 Å². The van der Waals surface area contributed by atoms with Crippen LogP contribution in [0.1, 0.15) is 61.9 Å². The van der Waals surface area contributed by atoms with Gasteiger partial charge in [0.25, 0.3) is 0 Å². The van der Waals surface area contributed by atoms with Gasteiger partial charge in [0.15, 0.2) is 5.78 Å². The summed E-state index contributed by atoms with van der Waals surface area (Å²) in [7, 11) is 8.03. The molecule has 0 amide bonds. The molecule has 37 heavy (non-hydrogen) atoms. The molecule has 1 heterocycles. The van der Waals surface area contributed by atoms with Gasteiger partial charge in [-0.15, -0.1) is 0 Å². The first-order chi connectivity index (χ1) is 17.7. The van der Waals surface area contributed by atoms with E-state index in [1.807, 2.05) is 76.7 Å². The van der Waals surface area contributed by atoms with Crippen molar-refractivity contribution in [3.8, 4) is 0 Å². The van der Waals surface area contributed by atoms with Crippen LogP contribution in [0.25, 0.3) is 0 Å². The quantitative estimate of drug-likeness (QED) is 0.423. The van der Waals surface area contributed by atoms with Gasteiger partial charge in [0.1, 0.15) is 5.82 Å². The first-order valence-corrected chi connectivity index (χ1v) is 12.5. The largest absolute Gasteiger partial charge is 0.462 e. The Morgan fingerprint density at radius 2 is 1.43 bits per heavy atom. The van der Waals surface area contributed by atoms with E-state index < -0.39 is 23.7 Å². The number of Topliss-reactive ketones (excluding diaryl/α,β-unsaturated/α-hetero) is 1. The number of hydrogen-bond acceptors (Lipinski definition) is 6. The van der Waals surface area contributed by atoms with Crippen molar-refractivity contribution in [3.05, 3.63) is 99.9 Å². The van der Waals surface area contributed by atoms with Gasteiger partial charge >= 0.3 is 5.97 Å². The number of nitrogens with zero attached hydrogens (tertiary/aromatic N) is 2. The zero-order valence-electron chi connectivity index (χ0n) is 22.0. The maximum absolute atomic E-state index is 14.6. The number of esters is 1. The number of ketones is 1. The molecule has 1 aliphatic heterocycles. The molecule has 194 valence electrons. The molecule has 1 N–H and O–H groups in total. The molecule has 0 aliphatic carbocycles. The van der Waals surface area contributed by atoms with E-state index in [9.17, 15) is 14.0 Å². The van der Waals surface area contributed by atoms with Gasteiger partial charge in [-0.05, 0) is 69.5 Å². The summed E-state index contributed by atoms with van der Waals surface area (Å²) in [5.74, 6) is -2.16. The van der Waals surface area contributed by atoms with Crippen LogP contribution in [0.3, 0.4) is 0 Å². The molecule has 0 spiro atoms. The average Bonchev–Trinajstić information content (AvgIpc) is 2.84. The zero-order valence-corrected chi connectivity index (χ0v) is 22.0. The Kier molecular flexibility index (Phi) is 8.05. The van der Waals surface area contributed by atoms with Gasteiger partial charge in [0.2, 0.25) is 0 Å². The lowest BCUT2D eigenvalue weighted by molar-refractivity contribution is 0.0522. The van der Waals surface area contributed by atoms with Crippen molar-refractivity contribution in [2.24, 2.45) is 0 Å². The van der Waals surface area contributed by atoms with Crippen molar-refractivity contribution in [1.29, 1.82) is 0 Å². The predicted octanol–water partition coefficient (Wildman–Crippen LogP) is 5.26. The smallest absolute Gasteiger partial charge is 0.339 e. The summed E-state index contributed by atoms with van der Waals surface area (Å²) < 4.78 is 19.7. The van der Waals surface area contributed by atoms with Crippen LogP contribution in [-0.2, 0) is 17.8 Å². The molecule has 0 saturated heterocycles. The average molecular weight is 504 g/mol. The van der Waals surface area contributed by atoms with Gasteiger partial charge in [-0.3, -0.25) is 4.79 Å².